The third-order valence-electron chi connectivity index (χ3n) is 3.46. The second kappa shape index (κ2) is 10.5. The van der Waals surface area contributed by atoms with E-state index in [1.807, 2.05) is 20.8 Å². The monoisotopic (exact) mass is 356 g/mol. The Hall–Kier alpha value is -1.41. The number of allylic oxidation sites excluding steroid dienone is 2. The van der Waals surface area contributed by atoms with Crippen LogP contribution in [-0.2, 0) is 13.3 Å². The van der Waals surface area contributed by atoms with Gasteiger partial charge < -0.3 is 22.8 Å². The van der Waals surface area contributed by atoms with Crippen molar-refractivity contribution < 1.29 is 27.6 Å². The maximum atomic E-state index is 12.4. The van der Waals surface area contributed by atoms with Crippen molar-refractivity contribution in [2.24, 2.45) is 0 Å². The summed E-state index contributed by atoms with van der Waals surface area (Å²) in [5.74, 6) is -0.0641. The Morgan fingerprint density at radius 3 is 2.17 bits per heavy atom. The van der Waals surface area contributed by atoms with Crippen molar-refractivity contribution >= 4 is 14.6 Å². The Labute approximate surface area is 144 Å². The minimum atomic E-state index is -2.74. The van der Waals surface area contributed by atoms with Gasteiger partial charge in [0.1, 0.15) is 0 Å². The number of aliphatic hydroxyl groups excluding tert-OH is 1. The van der Waals surface area contributed by atoms with Crippen molar-refractivity contribution in [2.75, 3.05) is 19.8 Å². The van der Waals surface area contributed by atoms with Crippen molar-refractivity contribution in [1.82, 2.24) is 0 Å². The van der Waals surface area contributed by atoms with E-state index < -0.39 is 8.80 Å². The molecule has 0 spiro atoms. The third-order valence-corrected chi connectivity index (χ3v) is 6.61. The molecule has 136 valence electrons. The molecule has 0 aliphatic heterocycles. The number of hydrogen-bond acceptors (Lipinski definition) is 6. The van der Waals surface area contributed by atoms with Crippen LogP contribution >= 0.6 is 0 Å². The zero-order valence-electron chi connectivity index (χ0n) is 15.0. The molecule has 0 saturated heterocycles. The molecule has 1 aromatic rings. The molecular formula is C17H28O6Si. The lowest BCUT2D eigenvalue weighted by atomic mass is 10.0. The fourth-order valence-electron chi connectivity index (χ4n) is 2.50. The first-order chi connectivity index (χ1) is 11.5. The van der Waals surface area contributed by atoms with E-state index in [2.05, 4.69) is 0 Å². The van der Waals surface area contributed by atoms with E-state index in [0.717, 1.165) is 0 Å². The zero-order chi connectivity index (χ0) is 18.0. The van der Waals surface area contributed by atoms with Crippen LogP contribution in [0.4, 0.5) is 0 Å². The molecule has 7 heteroatoms. The number of carbonyl (C=O) groups excluding carboxylic acids is 1. The second-order valence-corrected chi connectivity index (χ2v) is 7.94. The van der Waals surface area contributed by atoms with Crippen LogP contribution in [0.25, 0.3) is 0 Å². The molecule has 1 N–H and O–H groups in total. The largest absolute Gasteiger partial charge is 0.512 e. The van der Waals surface area contributed by atoms with Gasteiger partial charge in [-0.25, -0.2) is 0 Å². The number of carbonyl (C=O) groups is 1. The van der Waals surface area contributed by atoms with Crippen molar-refractivity contribution in [3.63, 3.8) is 0 Å². The van der Waals surface area contributed by atoms with Crippen LogP contribution < -0.4 is 0 Å². The first kappa shape index (κ1) is 20.6. The van der Waals surface area contributed by atoms with Gasteiger partial charge >= 0.3 is 8.80 Å². The van der Waals surface area contributed by atoms with Gasteiger partial charge in [0.05, 0.1) is 12.0 Å². The van der Waals surface area contributed by atoms with Crippen LogP contribution in [0.3, 0.4) is 0 Å². The van der Waals surface area contributed by atoms with Gasteiger partial charge in [-0.2, -0.15) is 0 Å². The highest BCUT2D eigenvalue weighted by atomic mass is 28.4. The van der Waals surface area contributed by atoms with Gasteiger partial charge in [0.25, 0.3) is 0 Å². The van der Waals surface area contributed by atoms with E-state index in [1.165, 1.54) is 13.2 Å². The van der Waals surface area contributed by atoms with Crippen LogP contribution in [-0.4, -0.2) is 39.5 Å². The Kier molecular flexibility index (Phi) is 8.98. The average molecular weight is 356 g/mol. The van der Waals surface area contributed by atoms with E-state index >= 15 is 0 Å². The Balaban J connectivity index is 2.76. The normalized spacial score (nSPS) is 13.0. The second-order valence-electron chi connectivity index (χ2n) is 5.21. The van der Waals surface area contributed by atoms with E-state index in [9.17, 15) is 9.90 Å². The minimum Gasteiger partial charge on any atom is -0.512 e. The molecule has 0 bridgehead atoms. The molecule has 6 nitrogen and oxygen atoms in total. The molecule has 0 saturated carbocycles. The lowest BCUT2D eigenvalue weighted by molar-refractivity contribution is 0.0706. The minimum absolute atomic E-state index is 0.00731. The molecule has 0 amide bonds. The summed E-state index contributed by atoms with van der Waals surface area (Å²) in [6.07, 6.45) is 2.46. The highest BCUT2D eigenvalue weighted by Gasteiger charge is 2.39. The van der Waals surface area contributed by atoms with Gasteiger partial charge in [0.15, 0.2) is 5.76 Å². The molecule has 0 aliphatic carbocycles. The zero-order valence-corrected chi connectivity index (χ0v) is 16.0. The summed E-state index contributed by atoms with van der Waals surface area (Å²) in [4.78, 5) is 12.4. The Morgan fingerprint density at radius 2 is 1.75 bits per heavy atom. The quantitative estimate of drug-likeness (QED) is 0.263. The first-order valence-electron chi connectivity index (χ1n) is 8.38. The van der Waals surface area contributed by atoms with Gasteiger partial charge in [-0.3, -0.25) is 4.79 Å². The van der Waals surface area contributed by atoms with E-state index in [-0.39, 0.29) is 17.3 Å². The van der Waals surface area contributed by atoms with E-state index in [1.54, 1.807) is 12.1 Å². The molecule has 0 radical (unpaired) electrons. The number of rotatable bonds is 12. The van der Waals surface area contributed by atoms with Crippen LogP contribution in [0, 0.1) is 0 Å². The van der Waals surface area contributed by atoms with Crippen LogP contribution in [0.15, 0.2) is 34.1 Å². The number of furan rings is 1. The maximum Gasteiger partial charge on any atom is 0.500 e. The lowest BCUT2D eigenvalue weighted by Crippen LogP contribution is -2.45. The Bertz CT molecular complexity index is 502. The Morgan fingerprint density at radius 1 is 1.17 bits per heavy atom. The van der Waals surface area contributed by atoms with Crippen LogP contribution in [0.5, 0.6) is 0 Å². The summed E-state index contributed by atoms with van der Waals surface area (Å²) >= 11 is 0. The fourth-order valence-corrected chi connectivity index (χ4v) is 5.11. The highest BCUT2D eigenvalue weighted by Crippen LogP contribution is 2.24. The molecule has 0 atom stereocenters. The molecule has 1 aromatic heterocycles. The van der Waals surface area contributed by atoms with Crippen molar-refractivity contribution in [3.8, 4) is 0 Å². The van der Waals surface area contributed by atoms with Crippen LogP contribution in [0.1, 0.15) is 51.1 Å². The van der Waals surface area contributed by atoms with Crippen molar-refractivity contribution in [3.05, 3.63) is 35.5 Å². The third kappa shape index (κ3) is 5.90. The first-order valence-corrected chi connectivity index (χ1v) is 10.3. The van der Waals surface area contributed by atoms with Gasteiger partial charge in [-0.05, 0) is 52.7 Å². The smallest absolute Gasteiger partial charge is 0.500 e. The average Bonchev–Trinajstić information content (AvgIpc) is 3.06. The van der Waals surface area contributed by atoms with Crippen molar-refractivity contribution in [1.29, 1.82) is 0 Å². The molecule has 1 rings (SSSR count). The van der Waals surface area contributed by atoms with E-state index in [4.69, 9.17) is 17.7 Å². The predicted octanol–water partition coefficient (Wildman–Crippen LogP) is 4.12. The summed E-state index contributed by atoms with van der Waals surface area (Å²) in [6.45, 7) is 8.77. The molecule has 24 heavy (non-hydrogen) atoms. The summed E-state index contributed by atoms with van der Waals surface area (Å²) < 4.78 is 22.5. The molecule has 0 aromatic carbocycles. The number of Topliss-reactive ketones (excluding diaryl/α,β-unsaturated/α-hetero) is 1. The summed E-state index contributed by atoms with van der Waals surface area (Å²) in [6, 6.07) is 3.82. The number of aliphatic hydroxyl groups is 1. The standard InChI is InChI=1S/C17H28O6Si/c1-5-21-24(22-6-2,23-7-3)13-9-10-15(14(4)18)17(19)16-11-8-12-20-16/h8,11-12,18H,5-7,9-10,13H2,1-4H3/b15-14-. The predicted molar refractivity (Wildman–Crippen MR) is 93.0 cm³/mol. The molecular weight excluding hydrogens is 328 g/mol. The highest BCUT2D eigenvalue weighted by molar-refractivity contribution is 6.60. The van der Waals surface area contributed by atoms with E-state index in [0.29, 0.717) is 44.3 Å². The SMILES string of the molecule is CCO[Si](CCC/C(C(=O)c1ccco1)=C(\C)O)(OCC)OCC. The van der Waals surface area contributed by atoms with Crippen LogP contribution in [0.2, 0.25) is 6.04 Å². The summed E-state index contributed by atoms with van der Waals surface area (Å²) in [5.41, 5.74) is 0.345. The fraction of sp³-hybridized carbons (Fsp3) is 0.588. The molecule has 1 heterocycles. The topological polar surface area (TPSA) is 78.1 Å². The van der Waals surface area contributed by atoms with Crippen molar-refractivity contribution in [2.45, 2.75) is 46.6 Å². The lowest BCUT2D eigenvalue weighted by Gasteiger charge is -2.28. The number of hydrogen-bond donors (Lipinski definition) is 1. The molecule has 0 aliphatic rings. The number of ketones is 1. The summed E-state index contributed by atoms with van der Waals surface area (Å²) in [5, 5.41) is 9.86. The summed E-state index contributed by atoms with van der Waals surface area (Å²) in [7, 11) is -2.74. The maximum absolute atomic E-state index is 12.4. The van der Waals surface area contributed by atoms with Gasteiger partial charge in [-0.1, -0.05) is 0 Å². The van der Waals surface area contributed by atoms with Gasteiger partial charge in [-0.15, -0.1) is 0 Å². The van der Waals surface area contributed by atoms with Gasteiger partial charge in [0.2, 0.25) is 5.78 Å². The van der Waals surface area contributed by atoms with Gasteiger partial charge in [0, 0.05) is 31.4 Å². The molecule has 0 fully saturated rings. The molecule has 0 unspecified atom stereocenters.